The van der Waals surface area contributed by atoms with Crippen LogP contribution >= 0.6 is 0 Å². The molecule has 4 rings (SSSR count). The van der Waals surface area contributed by atoms with Crippen LogP contribution in [0.2, 0.25) is 0 Å². The van der Waals surface area contributed by atoms with Gasteiger partial charge in [-0.15, -0.1) is 0 Å². The van der Waals surface area contributed by atoms with Gasteiger partial charge in [-0.2, -0.15) is 0 Å². The smallest absolute Gasteiger partial charge is 0.218 e. The van der Waals surface area contributed by atoms with E-state index in [-0.39, 0.29) is 11.5 Å². The molecule has 2 aromatic rings. The molecule has 2 aliphatic rings. The van der Waals surface area contributed by atoms with Crippen molar-refractivity contribution >= 4 is 5.82 Å². The Morgan fingerprint density at radius 2 is 2.08 bits per heavy atom. The van der Waals surface area contributed by atoms with E-state index >= 15 is 0 Å². The SMILES string of the molecule is COc1cc(N2CCC3(CC2)CO[C@H](COc2ccccn2)C3)ncn1. The maximum absolute atomic E-state index is 6.03. The van der Waals surface area contributed by atoms with Crippen molar-refractivity contribution in [2.24, 2.45) is 5.41 Å². The number of nitrogens with zero attached hydrogens (tertiary/aromatic N) is 4. The number of hydrogen-bond donors (Lipinski definition) is 0. The predicted octanol–water partition coefficient (Wildman–Crippen LogP) is 2.33. The maximum atomic E-state index is 6.03. The summed E-state index contributed by atoms with van der Waals surface area (Å²) in [6.45, 7) is 3.31. The van der Waals surface area contributed by atoms with E-state index in [1.54, 1.807) is 19.6 Å². The normalized spacial score (nSPS) is 21.7. The Morgan fingerprint density at radius 3 is 2.85 bits per heavy atom. The van der Waals surface area contributed by atoms with Crippen LogP contribution in [0.5, 0.6) is 11.8 Å². The largest absolute Gasteiger partial charge is 0.481 e. The molecule has 0 N–H and O–H groups in total. The van der Waals surface area contributed by atoms with Gasteiger partial charge in [0.05, 0.1) is 19.8 Å². The van der Waals surface area contributed by atoms with Crippen LogP contribution in [-0.4, -0.2) is 54.5 Å². The number of ether oxygens (including phenoxy) is 3. The number of aromatic nitrogens is 3. The second kappa shape index (κ2) is 7.45. The summed E-state index contributed by atoms with van der Waals surface area (Å²) in [5, 5.41) is 0. The third-order valence-corrected chi connectivity index (χ3v) is 5.33. The van der Waals surface area contributed by atoms with Crippen molar-refractivity contribution in [2.45, 2.75) is 25.4 Å². The van der Waals surface area contributed by atoms with E-state index in [0.717, 1.165) is 44.8 Å². The fraction of sp³-hybridized carbons (Fsp3) is 0.526. The summed E-state index contributed by atoms with van der Waals surface area (Å²) in [4.78, 5) is 15.0. The van der Waals surface area contributed by atoms with Crippen LogP contribution in [0.15, 0.2) is 36.8 Å². The molecule has 2 aliphatic heterocycles. The zero-order valence-electron chi connectivity index (χ0n) is 15.0. The Labute approximate surface area is 153 Å². The summed E-state index contributed by atoms with van der Waals surface area (Å²) >= 11 is 0. The summed E-state index contributed by atoms with van der Waals surface area (Å²) in [5.74, 6) is 2.19. The number of methoxy groups -OCH3 is 1. The Balaban J connectivity index is 1.30. The number of piperidine rings is 1. The first-order valence-corrected chi connectivity index (χ1v) is 9.03. The highest BCUT2D eigenvalue weighted by atomic mass is 16.5. The average molecular weight is 356 g/mol. The van der Waals surface area contributed by atoms with Crippen LogP contribution in [0.3, 0.4) is 0 Å². The number of hydrogen-bond acceptors (Lipinski definition) is 7. The van der Waals surface area contributed by atoms with Crippen molar-refractivity contribution in [3.63, 3.8) is 0 Å². The highest BCUT2D eigenvalue weighted by molar-refractivity contribution is 5.41. The monoisotopic (exact) mass is 356 g/mol. The molecule has 1 atom stereocenters. The lowest BCUT2D eigenvalue weighted by Gasteiger charge is -2.39. The van der Waals surface area contributed by atoms with Gasteiger partial charge in [0.2, 0.25) is 11.8 Å². The van der Waals surface area contributed by atoms with Crippen LogP contribution in [-0.2, 0) is 4.74 Å². The van der Waals surface area contributed by atoms with Crippen molar-refractivity contribution in [3.8, 4) is 11.8 Å². The molecule has 1 spiro atoms. The molecule has 4 heterocycles. The van der Waals surface area contributed by atoms with Gasteiger partial charge in [-0.25, -0.2) is 15.0 Å². The lowest BCUT2D eigenvalue weighted by atomic mass is 9.76. The van der Waals surface area contributed by atoms with Crippen LogP contribution in [0.25, 0.3) is 0 Å². The van der Waals surface area contributed by atoms with Crippen LogP contribution in [0, 0.1) is 5.41 Å². The molecule has 0 saturated carbocycles. The lowest BCUT2D eigenvalue weighted by molar-refractivity contribution is 0.0565. The lowest BCUT2D eigenvalue weighted by Crippen LogP contribution is -2.41. The van der Waals surface area contributed by atoms with E-state index in [2.05, 4.69) is 19.9 Å². The molecule has 0 unspecified atom stereocenters. The molecule has 7 heteroatoms. The van der Waals surface area contributed by atoms with Gasteiger partial charge in [-0.3, -0.25) is 0 Å². The Morgan fingerprint density at radius 1 is 1.19 bits per heavy atom. The highest BCUT2D eigenvalue weighted by Gasteiger charge is 2.42. The number of anilines is 1. The minimum absolute atomic E-state index is 0.141. The molecule has 0 radical (unpaired) electrons. The van der Waals surface area contributed by atoms with E-state index < -0.39 is 0 Å². The molecule has 2 fully saturated rings. The Kier molecular flexibility index (Phi) is 4.88. The van der Waals surface area contributed by atoms with Crippen molar-refractivity contribution in [2.75, 3.05) is 38.3 Å². The first-order valence-electron chi connectivity index (χ1n) is 9.03. The van der Waals surface area contributed by atoms with Gasteiger partial charge in [-0.1, -0.05) is 6.07 Å². The minimum Gasteiger partial charge on any atom is -0.481 e. The van der Waals surface area contributed by atoms with Gasteiger partial charge in [0.1, 0.15) is 18.8 Å². The van der Waals surface area contributed by atoms with Crippen LogP contribution in [0.1, 0.15) is 19.3 Å². The molecule has 0 aliphatic carbocycles. The molecule has 138 valence electrons. The van der Waals surface area contributed by atoms with Gasteiger partial charge in [0.15, 0.2) is 0 Å². The van der Waals surface area contributed by atoms with Crippen molar-refractivity contribution < 1.29 is 14.2 Å². The fourth-order valence-corrected chi connectivity index (χ4v) is 3.79. The molecule has 2 aromatic heterocycles. The third kappa shape index (κ3) is 3.72. The molecule has 0 aromatic carbocycles. The quantitative estimate of drug-likeness (QED) is 0.814. The summed E-state index contributed by atoms with van der Waals surface area (Å²) in [7, 11) is 1.63. The molecular weight excluding hydrogens is 332 g/mol. The standard InChI is InChI=1S/C19H24N4O3/c1-24-18-10-16(21-14-22-18)23-8-5-19(6-9-23)11-15(26-13-19)12-25-17-4-2-3-7-20-17/h2-4,7,10,14-15H,5-6,8-9,11-13H2,1H3/t15-/m0/s1. The summed E-state index contributed by atoms with van der Waals surface area (Å²) < 4.78 is 17.0. The van der Waals surface area contributed by atoms with Gasteiger partial charge < -0.3 is 19.1 Å². The van der Waals surface area contributed by atoms with Crippen molar-refractivity contribution in [1.82, 2.24) is 15.0 Å². The zero-order chi connectivity index (χ0) is 17.8. The predicted molar refractivity (Wildman–Crippen MR) is 96.6 cm³/mol. The first-order chi connectivity index (χ1) is 12.8. The molecule has 26 heavy (non-hydrogen) atoms. The van der Waals surface area contributed by atoms with Crippen molar-refractivity contribution in [1.29, 1.82) is 0 Å². The third-order valence-electron chi connectivity index (χ3n) is 5.33. The molecular formula is C19H24N4O3. The Bertz CT molecular complexity index is 720. The fourth-order valence-electron chi connectivity index (χ4n) is 3.79. The van der Waals surface area contributed by atoms with Crippen LogP contribution in [0.4, 0.5) is 5.82 Å². The van der Waals surface area contributed by atoms with Crippen LogP contribution < -0.4 is 14.4 Å². The minimum atomic E-state index is 0.141. The summed E-state index contributed by atoms with van der Waals surface area (Å²) in [6, 6.07) is 7.58. The van der Waals surface area contributed by atoms with Crippen molar-refractivity contribution in [3.05, 3.63) is 36.8 Å². The van der Waals surface area contributed by atoms with Gasteiger partial charge in [0.25, 0.3) is 0 Å². The van der Waals surface area contributed by atoms with E-state index in [1.807, 2.05) is 24.3 Å². The number of rotatable bonds is 5. The molecule has 0 amide bonds. The second-order valence-corrected chi connectivity index (χ2v) is 7.02. The zero-order valence-corrected chi connectivity index (χ0v) is 15.0. The van der Waals surface area contributed by atoms with E-state index in [1.165, 1.54) is 0 Å². The second-order valence-electron chi connectivity index (χ2n) is 7.02. The number of pyridine rings is 1. The molecule has 7 nitrogen and oxygen atoms in total. The molecule has 2 saturated heterocycles. The van der Waals surface area contributed by atoms with E-state index in [9.17, 15) is 0 Å². The molecule has 0 bridgehead atoms. The van der Waals surface area contributed by atoms with Gasteiger partial charge >= 0.3 is 0 Å². The maximum Gasteiger partial charge on any atom is 0.218 e. The Hall–Kier alpha value is -2.41. The van der Waals surface area contributed by atoms with Gasteiger partial charge in [-0.05, 0) is 30.7 Å². The first kappa shape index (κ1) is 17.0. The van der Waals surface area contributed by atoms with Gasteiger partial charge in [0, 0.05) is 31.4 Å². The highest BCUT2D eigenvalue weighted by Crippen LogP contribution is 2.42. The average Bonchev–Trinajstić information content (AvgIpc) is 3.10. The van der Waals surface area contributed by atoms with E-state index in [4.69, 9.17) is 14.2 Å². The van der Waals surface area contributed by atoms with E-state index in [0.29, 0.717) is 18.4 Å². The summed E-state index contributed by atoms with van der Waals surface area (Å²) in [5.41, 5.74) is 0.256. The summed E-state index contributed by atoms with van der Waals surface area (Å²) in [6.07, 6.45) is 6.68. The topological polar surface area (TPSA) is 69.6 Å².